The summed E-state index contributed by atoms with van der Waals surface area (Å²) in [5, 5.41) is 6.68. The van der Waals surface area contributed by atoms with Gasteiger partial charge in [-0.1, -0.05) is 18.5 Å². The zero-order chi connectivity index (χ0) is 22.1. The van der Waals surface area contributed by atoms with Crippen LogP contribution in [-0.4, -0.2) is 74.6 Å². The number of hydrogen-bond acceptors (Lipinski definition) is 4. The molecule has 11 heteroatoms. The first-order valence-corrected chi connectivity index (χ1v) is 10.4. The van der Waals surface area contributed by atoms with Crippen LogP contribution in [-0.2, 0) is 11.3 Å². The minimum atomic E-state index is -2.94. The van der Waals surface area contributed by atoms with Gasteiger partial charge in [0.25, 0.3) is 0 Å². The van der Waals surface area contributed by atoms with E-state index in [4.69, 9.17) is 11.6 Å². The fourth-order valence-electron chi connectivity index (χ4n) is 3.30. The Bertz CT molecular complexity index is 740. The van der Waals surface area contributed by atoms with Crippen molar-refractivity contribution in [1.29, 1.82) is 0 Å². The van der Waals surface area contributed by atoms with E-state index in [1.165, 1.54) is 17.0 Å². The molecule has 1 amide bonds. The number of likely N-dealkylation sites (tertiary alicyclic amines) is 1. The van der Waals surface area contributed by atoms with Crippen LogP contribution in [0.2, 0.25) is 5.02 Å². The molecule has 1 aromatic carbocycles. The van der Waals surface area contributed by atoms with Gasteiger partial charge in [0, 0.05) is 37.3 Å². The molecule has 2 rings (SSSR count). The molecule has 1 aliphatic heterocycles. The summed E-state index contributed by atoms with van der Waals surface area (Å²) in [5.41, 5.74) is 0.430. The van der Waals surface area contributed by atoms with Crippen molar-refractivity contribution in [3.63, 3.8) is 0 Å². The van der Waals surface area contributed by atoms with E-state index >= 15 is 0 Å². The number of halogens is 4. The van der Waals surface area contributed by atoms with Crippen LogP contribution >= 0.6 is 35.6 Å². The Morgan fingerprint density at radius 3 is 2.77 bits per heavy atom. The van der Waals surface area contributed by atoms with Gasteiger partial charge in [-0.05, 0) is 44.1 Å². The Morgan fingerprint density at radius 1 is 1.39 bits per heavy atom. The molecule has 0 bridgehead atoms. The largest absolute Gasteiger partial charge is 0.434 e. The molecule has 1 fully saturated rings. The SMILES string of the molecule is CCN1CCCC1CNC(=NCc1cc(Cl)ccc1OC(F)F)NCC(=O)N(C)C.I. The lowest BCUT2D eigenvalue weighted by atomic mass is 10.2. The summed E-state index contributed by atoms with van der Waals surface area (Å²) in [6.45, 7) is 2.04. The summed E-state index contributed by atoms with van der Waals surface area (Å²) < 4.78 is 29.9. The first-order valence-electron chi connectivity index (χ1n) is 9.99. The number of rotatable bonds is 9. The third-order valence-electron chi connectivity index (χ3n) is 4.96. The molecule has 0 radical (unpaired) electrons. The molecule has 0 spiro atoms. The molecular formula is C20H31ClF2IN5O2. The predicted molar refractivity (Wildman–Crippen MR) is 130 cm³/mol. The molecule has 0 aliphatic carbocycles. The van der Waals surface area contributed by atoms with Gasteiger partial charge in [0.15, 0.2) is 5.96 Å². The van der Waals surface area contributed by atoms with Gasteiger partial charge >= 0.3 is 6.61 Å². The van der Waals surface area contributed by atoms with E-state index in [1.54, 1.807) is 20.2 Å². The van der Waals surface area contributed by atoms with Crippen molar-refractivity contribution in [2.24, 2.45) is 4.99 Å². The van der Waals surface area contributed by atoms with Crippen molar-refractivity contribution in [1.82, 2.24) is 20.4 Å². The summed E-state index contributed by atoms with van der Waals surface area (Å²) in [6, 6.07) is 4.81. The number of guanidine groups is 1. The van der Waals surface area contributed by atoms with Crippen LogP contribution in [0.25, 0.3) is 0 Å². The highest BCUT2D eigenvalue weighted by Crippen LogP contribution is 2.25. The first kappa shape index (κ1) is 27.6. The summed E-state index contributed by atoms with van der Waals surface area (Å²) >= 11 is 6.01. The number of ether oxygens (including phenoxy) is 1. The number of likely N-dealkylation sites (N-methyl/N-ethyl adjacent to an activating group) is 2. The predicted octanol–water partition coefficient (Wildman–Crippen LogP) is 3.17. The number of alkyl halides is 2. The van der Waals surface area contributed by atoms with Crippen LogP contribution < -0.4 is 15.4 Å². The summed E-state index contributed by atoms with van der Waals surface area (Å²) in [6.07, 6.45) is 2.24. The average molecular weight is 574 g/mol. The highest BCUT2D eigenvalue weighted by atomic mass is 127. The van der Waals surface area contributed by atoms with Crippen molar-refractivity contribution in [2.45, 2.75) is 39.0 Å². The number of hydrogen-bond donors (Lipinski definition) is 2. The molecule has 176 valence electrons. The minimum absolute atomic E-state index is 0. The highest BCUT2D eigenvalue weighted by Gasteiger charge is 2.23. The lowest BCUT2D eigenvalue weighted by Gasteiger charge is -2.24. The maximum Gasteiger partial charge on any atom is 0.387 e. The molecule has 7 nitrogen and oxygen atoms in total. The van der Waals surface area contributed by atoms with E-state index in [0.29, 0.717) is 29.1 Å². The van der Waals surface area contributed by atoms with E-state index < -0.39 is 6.61 Å². The fourth-order valence-corrected chi connectivity index (χ4v) is 3.49. The molecule has 31 heavy (non-hydrogen) atoms. The van der Waals surface area contributed by atoms with E-state index in [-0.39, 0.29) is 48.7 Å². The second-order valence-corrected chi connectivity index (χ2v) is 7.68. The number of nitrogens with zero attached hydrogens (tertiary/aromatic N) is 3. The molecule has 1 unspecified atom stereocenters. The Balaban J connectivity index is 0.00000480. The van der Waals surface area contributed by atoms with Gasteiger partial charge < -0.3 is 20.3 Å². The maximum absolute atomic E-state index is 12.7. The standard InChI is InChI=1S/C20H30ClF2N5O2.HI/c1-4-28-9-5-6-16(28)12-25-20(26-13-18(29)27(2)3)24-11-14-10-15(21)7-8-17(14)30-19(22)23;/h7-8,10,16,19H,4-6,9,11-13H2,1-3H3,(H2,24,25,26);1H. The molecule has 1 heterocycles. The lowest BCUT2D eigenvalue weighted by molar-refractivity contribution is -0.127. The van der Waals surface area contributed by atoms with E-state index in [1.807, 2.05) is 0 Å². The van der Waals surface area contributed by atoms with Crippen LogP contribution in [0.1, 0.15) is 25.3 Å². The Hall–Kier alpha value is -1.40. The van der Waals surface area contributed by atoms with Gasteiger partial charge in [0.05, 0.1) is 13.1 Å². The second-order valence-electron chi connectivity index (χ2n) is 7.24. The van der Waals surface area contributed by atoms with Gasteiger partial charge in [0.1, 0.15) is 5.75 Å². The molecule has 1 aromatic rings. The Morgan fingerprint density at radius 2 is 2.13 bits per heavy atom. The average Bonchev–Trinajstić information content (AvgIpc) is 3.16. The maximum atomic E-state index is 12.7. The molecule has 1 atom stereocenters. The number of amides is 1. The lowest BCUT2D eigenvalue weighted by Crippen LogP contribution is -2.47. The third-order valence-corrected chi connectivity index (χ3v) is 5.20. The van der Waals surface area contributed by atoms with Gasteiger partial charge in [-0.2, -0.15) is 8.78 Å². The topological polar surface area (TPSA) is 69.2 Å². The summed E-state index contributed by atoms with van der Waals surface area (Å²) in [4.78, 5) is 20.3. The number of carbonyl (C=O) groups is 1. The van der Waals surface area contributed by atoms with Gasteiger partial charge in [-0.25, -0.2) is 4.99 Å². The number of nitrogens with one attached hydrogen (secondary N) is 2. The van der Waals surface area contributed by atoms with Gasteiger partial charge in [0.2, 0.25) is 5.91 Å². The monoisotopic (exact) mass is 573 g/mol. The molecule has 2 N–H and O–H groups in total. The highest BCUT2D eigenvalue weighted by molar-refractivity contribution is 14.0. The Labute approximate surface area is 204 Å². The van der Waals surface area contributed by atoms with Crippen LogP contribution in [0, 0.1) is 0 Å². The molecule has 0 aromatic heterocycles. The van der Waals surface area contributed by atoms with E-state index in [2.05, 4.69) is 32.2 Å². The quantitative estimate of drug-likeness (QED) is 0.270. The minimum Gasteiger partial charge on any atom is -0.434 e. The van der Waals surface area contributed by atoms with Crippen molar-refractivity contribution < 1.29 is 18.3 Å². The van der Waals surface area contributed by atoms with Gasteiger partial charge in [-0.15, -0.1) is 24.0 Å². The molecule has 1 saturated heterocycles. The van der Waals surface area contributed by atoms with Crippen molar-refractivity contribution in [2.75, 3.05) is 40.3 Å². The number of aliphatic imine (C=N–C) groups is 1. The molecule has 1 aliphatic rings. The third kappa shape index (κ3) is 9.32. The smallest absolute Gasteiger partial charge is 0.387 e. The van der Waals surface area contributed by atoms with Crippen LogP contribution in [0.4, 0.5) is 8.78 Å². The van der Waals surface area contributed by atoms with E-state index in [0.717, 1.165) is 25.9 Å². The van der Waals surface area contributed by atoms with Crippen molar-refractivity contribution in [3.05, 3.63) is 28.8 Å². The first-order chi connectivity index (χ1) is 14.3. The van der Waals surface area contributed by atoms with Crippen molar-refractivity contribution in [3.8, 4) is 5.75 Å². The molecular weight excluding hydrogens is 543 g/mol. The van der Waals surface area contributed by atoms with Gasteiger partial charge in [-0.3, -0.25) is 9.69 Å². The van der Waals surface area contributed by atoms with Crippen LogP contribution in [0.15, 0.2) is 23.2 Å². The fraction of sp³-hybridized carbons (Fsp3) is 0.600. The van der Waals surface area contributed by atoms with Crippen LogP contribution in [0.3, 0.4) is 0 Å². The Kier molecular flexibility index (Phi) is 12.4. The zero-order valence-corrected chi connectivity index (χ0v) is 21.1. The number of benzene rings is 1. The summed E-state index contributed by atoms with van der Waals surface area (Å²) in [5.74, 6) is 0.343. The number of carbonyl (C=O) groups excluding carboxylic acids is 1. The van der Waals surface area contributed by atoms with Crippen molar-refractivity contribution >= 4 is 47.4 Å². The second kappa shape index (κ2) is 13.9. The summed E-state index contributed by atoms with van der Waals surface area (Å²) in [7, 11) is 3.34. The molecule has 0 saturated carbocycles. The normalized spacial score (nSPS) is 16.7. The van der Waals surface area contributed by atoms with E-state index in [9.17, 15) is 13.6 Å². The zero-order valence-electron chi connectivity index (χ0n) is 18.0. The van der Waals surface area contributed by atoms with Crippen LogP contribution in [0.5, 0.6) is 5.75 Å².